The van der Waals surface area contributed by atoms with Crippen LogP contribution in [0.15, 0.2) is 48.5 Å². The Morgan fingerprint density at radius 3 is 2.29 bits per heavy atom. The maximum atomic E-state index is 12.1. The number of nitrogens with one attached hydrogen (secondary N) is 1. The first-order chi connectivity index (χ1) is 10.1. The van der Waals surface area contributed by atoms with Crippen LogP contribution in [0.2, 0.25) is 5.02 Å². The first-order valence-electron chi connectivity index (χ1n) is 6.39. The van der Waals surface area contributed by atoms with E-state index in [2.05, 4.69) is 5.32 Å². The Bertz CT molecular complexity index is 670. The van der Waals surface area contributed by atoms with Crippen molar-refractivity contribution in [3.8, 4) is 0 Å². The van der Waals surface area contributed by atoms with Gasteiger partial charge in [0.25, 0.3) is 5.91 Å². The molecule has 2 aromatic carbocycles. The maximum absolute atomic E-state index is 12.1. The Labute approximate surface area is 127 Å². The fourth-order valence-electron chi connectivity index (χ4n) is 1.98. The molecule has 0 heterocycles. The summed E-state index contributed by atoms with van der Waals surface area (Å²) in [6, 6.07) is 13.9. The third kappa shape index (κ3) is 4.07. The molecule has 108 valence electrons. The molecule has 0 spiro atoms. The van der Waals surface area contributed by atoms with E-state index in [9.17, 15) is 9.59 Å². The molecule has 2 aromatic rings. The van der Waals surface area contributed by atoms with Crippen molar-refractivity contribution in [2.45, 2.75) is 13.0 Å². The van der Waals surface area contributed by atoms with Crippen LogP contribution in [0.3, 0.4) is 0 Å². The lowest BCUT2D eigenvalue weighted by Crippen LogP contribution is -2.24. The van der Waals surface area contributed by atoms with Crippen LogP contribution < -0.4 is 5.32 Å². The number of amides is 1. The largest absolute Gasteiger partial charge is 0.481 e. The standard InChI is InChI=1S/C16H14ClNO3/c17-14-8-4-3-7-13(14)16(21)18-10-12-6-2-1-5-11(12)9-15(19)20/h1-8H,9-10H2,(H,18,21)(H,19,20). The number of rotatable bonds is 5. The quantitative estimate of drug-likeness (QED) is 0.892. The molecule has 0 aliphatic heterocycles. The zero-order valence-electron chi connectivity index (χ0n) is 11.2. The highest BCUT2D eigenvalue weighted by molar-refractivity contribution is 6.33. The molecule has 0 bridgehead atoms. The Morgan fingerprint density at radius 2 is 1.62 bits per heavy atom. The van der Waals surface area contributed by atoms with Crippen molar-refractivity contribution in [1.82, 2.24) is 5.32 Å². The Hall–Kier alpha value is -2.33. The van der Waals surface area contributed by atoms with Gasteiger partial charge in [0.2, 0.25) is 0 Å². The van der Waals surface area contributed by atoms with Gasteiger partial charge in [-0.1, -0.05) is 48.0 Å². The normalized spacial score (nSPS) is 10.1. The predicted octanol–water partition coefficient (Wildman–Crippen LogP) is 2.90. The molecular weight excluding hydrogens is 290 g/mol. The second-order valence-corrected chi connectivity index (χ2v) is 4.91. The molecule has 0 aliphatic rings. The van der Waals surface area contributed by atoms with E-state index in [4.69, 9.17) is 16.7 Å². The number of carbonyl (C=O) groups is 2. The zero-order valence-corrected chi connectivity index (χ0v) is 11.9. The fraction of sp³-hybridized carbons (Fsp3) is 0.125. The van der Waals surface area contributed by atoms with Gasteiger partial charge in [-0.2, -0.15) is 0 Å². The van der Waals surface area contributed by atoms with Crippen LogP contribution in [-0.4, -0.2) is 17.0 Å². The maximum Gasteiger partial charge on any atom is 0.307 e. The number of carboxylic acids is 1. The summed E-state index contributed by atoms with van der Waals surface area (Å²) in [5, 5.41) is 12.0. The van der Waals surface area contributed by atoms with Crippen LogP contribution in [-0.2, 0) is 17.8 Å². The number of hydrogen-bond acceptors (Lipinski definition) is 2. The van der Waals surface area contributed by atoms with E-state index in [1.165, 1.54) is 0 Å². The van der Waals surface area contributed by atoms with Crippen LogP contribution in [0.5, 0.6) is 0 Å². The van der Waals surface area contributed by atoms with E-state index in [0.717, 1.165) is 5.56 Å². The summed E-state index contributed by atoms with van der Waals surface area (Å²) in [7, 11) is 0. The van der Waals surface area contributed by atoms with Gasteiger partial charge in [0.15, 0.2) is 0 Å². The van der Waals surface area contributed by atoms with Crippen molar-refractivity contribution in [3.63, 3.8) is 0 Å². The van der Waals surface area contributed by atoms with E-state index in [1.807, 2.05) is 6.07 Å². The minimum absolute atomic E-state index is 0.0713. The number of halogens is 1. The Morgan fingerprint density at radius 1 is 1.00 bits per heavy atom. The summed E-state index contributed by atoms with van der Waals surface area (Å²) in [5.74, 6) is -1.19. The van der Waals surface area contributed by atoms with Gasteiger partial charge in [0.1, 0.15) is 0 Å². The van der Waals surface area contributed by atoms with Gasteiger partial charge in [0.05, 0.1) is 17.0 Å². The molecule has 5 heteroatoms. The molecule has 0 unspecified atom stereocenters. The summed E-state index contributed by atoms with van der Waals surface area (Å²) >= 11 is 5.96. The smallest absolute Gasteiger partial charge is 0.307 e. The van der Waals surface area contributed by atoms with Crippen LogP contribution in [0.1, 0.15) is 21.5 Å². The van der Waals surface area contributed by atoms with Crippen LogP contribution >= 0.6 is 11.6 Å². The van der Waals surface area contributed by atoms with E-state index in [0.29, 0.717) is 16.1 Å². The number of hydrogen-bond donors (Lipinski definition) is 2. The predicted molar refractivity (Wildman–Crippen MR) is 80.4 cm³/mol. The molecule has 0 aromatic heterocycles. The van der Waals surface area contributed by atoms with E-state index >= 15 is 0 Å². The van der Waals surface area contributed by atoms with Gasteiger partial charge in [-0.25, -0.2) is 0 Å². The summed E-state index contributed by atoms with van der Waals surface area (Å²) in [4.78, 5) is 22.9. The molecular formula is C16H14ClNO3. The van der Waals surface area contributed by atoms with Crippen LogP contribution in [0.25, 0.3) is 0 Å². The number of aliphatic carboxylic acids is 1. The van der Waals surface area contributed by atoms with Gasteiger partial charge in [-0.3, -0.25) is 9.59 Å². The Balaban J connectivity index is 2.08. The van der Waals surface area contributed by atoms with Crippen molar-refractivity contribution < 1.29 is 14.7 Å². The Kier molecular flexibility index (Phi) is 4.95. The minimum atomic E-state index is -0.903. The van der Waals surface area contributed by atoms with Gasteiger partial charge < -0.3 is 10.4 Å². The number of benzene rings is 2. The highest BCUT2D eigenvalue weighted by Gasteiger charge is 2.11. The molecule has 0 radical (unpaired) electrons. The second kappa shape index (κ2) is 6.90. The van der Waals surface area contributed by atoms with Crippen molar-refractivity contribution >= 4 is 23.5 Å². The fourth-order valence-corrected chi connectivity index (χ4v) is 2.20. The minimum Gasteiger partial charge on any atom is -0.481 e. The molecule has 21 heavy (non-hydrogen) atoms. The first kappa shape index (κ1) is 15.1. The van der Waals surface area contributed by atoms with Gasteiger partial charge in [-0.05, 0) is 23.3 Å². The molecule has 2 N–H and O–H groups in total. The van der Waals surface area contributed by atoms with Gasteiger partial charge >= 0.3 is 5.97 Å². The molecule has 0 aliphatic carbocycles. The lowest BCUT2D eigenvalue weighted by Gasteiger charge is -2.10. The lowest BCUT2D eigenvalue weighted by molar-refractivity contribution is -0.136. The summed E-state index contributed by atoms with van der Waals surface area (Å²) in [6.07, 6.45) is -0.0713. The summed E-state index contributed by atoms with van der Waals surface area (Å²) in [6.45, 7) is 0.257. The van der Waals surface area contributed by atoms with Gasteiger partial charge in [-0.15, -0.1) is 0 Å². The third-order valence-electron chi connectivity index (χ3n) is 3.02. The monoisotopic (exact) mass is 303 g/mol. The number of carbonyl (C=O) groups excluding carboxylic acids is 1. The molecule has 2 rings (SSSR count). The van der Waals surface area contributed by atoms with Crippen molar-refractivity contribution in [3.05, 3.63) is 70.2 Å². The SMILES string of the molecule is O=C(O)Cc1ccccc1CNC(=O)c1ccccc1Cl. The average molecular weight is 304 g/mol. The first-order valence-corrected chi connectivity index (χ1v) is 6.77. The average Bonchev–Trinajstić information content (AvgIpc) is 2.46. The van der Waals surface area contributed by atoms with E-state index in [1.54, 1.807) is 42.5 Å². The molecule has 0 fully saturated rings. The molecule has 0 atom stereocenters. The van der Waals surface area contributed by atoms with E-state index in [-0.39, 0.29) is 18.9 Å². The molecule has 0 saturated carbocycles. The number of carboxylic acid groups (broad SMARTS) is 1. The third-order valence-corrected chi connectivity index (χ3v) is 3.35. The lowest BCUT2D eigenvalue weighted by atomic mass is 10.0. The zero-order chi connectivity index (χ0) is 15.2. The molecule has 1 amide bonds. The second-order valence-electron chi connectivity index (χ2n) is 4.50. The van der Waals surface area contributed by atoms with Crippen LogP contribution in [0, 0.1) is 0 Å². The highest BCUT2D eigenvalue weighted by atomic mass is 35.5. The van der Waals surface area contributed by atoms with Crippen molar-refractivity contribution in [1.29, 1.82) is 0 Å². The molecule has 0 saturated heterocycles. The highest BCUT2D eigenvalue weighted by Crippen LogP contribution is 2.15. The van der Waals surface area contributed by atoms with Crippen molar-refractivity contribution in [2.24, 2.45) is 0 Å². The summed E-state index contributed by atoms with van der Waals surface area (Å²) < 4.78 is 0. The van der Waals surface area contributed by atoms with Crippen LogP contribution in [0.4, 0.5) is 0 Å². The van der Waals surface area contributed by atoms with E-state index < -0.39 is 5.97 Å². The van der Waals surface area contributed by atoms with Gasteiger partial charge in [0, 0.05) is 6.54 Å². The van der Waals surface area contributed by atoms with Crippen molar-refractivity contribution in [2.75, 3.05) is 0 Å². The topological polar surface area (TPSA) is 66.4 Å². The summed E-state index contributed by atoms with van der Waals surface area (Å²) in [5.41, 5.74) is 1.86. The molecule has 4 nitrogen and oxygen atoms in total.